The maximum atomic E-state index is 14.8. The Balaban J connectivity index is 1.75. The Kier molecular flexibility index (Phi) is 5.14. The van der Waals surface area contributed by atoms with Crippen LogP contribution in [-0.2, 0) is 15.9 Å². The van der Waals surface area contributed by atoms with E-state index < -0.39 is 11.1 Å². The van der Waals surface area contributed by atoms with E-state index in [9.17, 15) is 4.79 Å². The van der Waals surface area contributed by atoms with Gasteiger partial charge in [0.2, 0.25) is 0 Å². The van der Waals surface area contributed by atoms with Crippen molar-refractivity contribution in [2.45, 2.75) is 11.1 Å². The molecule has 35 heavy (non-hydrogen) atoms. The van der Waals surface area contributed by atoms with Crippen molar-refractivity contribution < 1.29 is 4.79 Å². The van der Waals surface area contributed by atoms with E-state index in [1.807, 2.05) is 101 Å². The Morgan fingerprint density at radius 3 is 1.63 bits per heavy atom. The lowest BCUT2D eigenvalue weighted by atomic mass is 9.75. The molecule has 6 rings (SSSR count). The van der Waals surface area contributed by atoms with Crippen LogP contribution in [0, 0.1) is 0 Å². The second-order valence-corrected chi connectivity index (χ2v) is 9.57. The fraction of sp³-hybridized carbons (Fsp3) is 0.0645. The van der Waals surface area contributed by atoms with Crippen LogP contribution in [0.3, 0.4) is 0 Å². The molecule has 0 fully saturated rings. The standard InChI is InChI=1S/C31H24N2OS/c32-30(26-20-21-35-22-26)27-18-10-11-19-28(27)33(29(30)34)31(23-12-4-1-5-13-23,24-14-6-2-7-15-24)25-16-8-3-9-17-25/h1-22H,32H2. The lowest BCUT2D eigenvalue weighted by Crippen LogP contribution is -2.56. The van der Waals surface area contributed by atoms with Gasteiger partial charge in [-0.05, 0) is 45.1 Å². The fourth-order valence-electron chi connectivity index (χ4n) is 5.43. The largest absolute Gasteiger partial charge is 0.310 e. The molecule has 2 heterocycles. The van der Waals surface area contributed by atoms with Gasteiger partial charge in [-0.15, -0.1) is 0 Å². The van der Waals surface area contributed by atoms with Gasteiger partial charge < -0.3 is 5.73 Å². The Hall–Kier alpha value is -3.99. The van der Waals surface area contributed by atoms with Crippen LogP contribution >= 0.6 is 11.3 Å². The van der Waals surface area contributed by atoms with Gasteiger partial charge in [0.15, 0.2) is 0 Å². The summed E-state index contributed by atoms with van der Waals surface area (Å²) >= 11 is 1.55. The molecule has 0 bridgehead atoms. The van der Waals surface area contributed by atoms with Crippen LogP contribution in [0.1, 0.15) is 27.8 Å². The average Bonchev–Trinajstić information content (AvgIpc) is 3.55. The summed E-state index contributed by atoms with van der Waals surface area (Å²) in [7, 11) is 0. The molecule has 4 aromatic carbocycles. The summed E-state index contributed by atoms with van der Waals surface area (Å²) in [4.78, 5) is 16.7. The summed E-state index contributed by atoms with van der Waals surface area (Å²) in [6.45, 7) is 0. The summed E-state index contributed by atoms with van der Waals surface area (Å²) in [6, 6.07) is 40.6. The molecule has 1 aliphatic rings. The third-order valence-corrected chi connectivity index (χ3v) is 7.68. The summed E-state index contributed by atoms with van der Waals surface area (Å²) in [5, 5.41) is 3.95. The molecule has 5 aromatic rings. The van der Waals surface area contributed by atoms with E-state index >= 15 is 0 Å². The zero-order chi connectivity index (χ0) is 23.9. The van der Waals surface area contributed by atoms with Crippen molar-refractivity contribution in [2.75, 3.05) is 4.90 Å². The van der Waals surface area contributed by atoms with E-state index in [1.165, 1.54) is 0 Å². The monoisotopic (exact) mass is 472 g/mol. The highest BCUT2D eigenvalue weighted by Gasteiger charge is 2.57. The van der Waals surface area contributed by atoms with Crippen molar-refractivity contribution >= 4 is 22.9 Å². The van der Waals surface area contributed by atoms with Crippen molar-refractivity contribution in [2.24, 2.45) is 5.73 Å². The molecule has 1 atom stereocenters. The maximum Gasteiger partial charge on any atom is 0.257 e. The van der Waals surface area contributed by atoms with Crippen LogP contribution < -0.4 is 10.6 Å². The summed E-state index contributed by atoms with van der Waals surface area (Å²) in [5.74, 6) is -0.145. The smallest absolute Gasteiger partial charge is 0.257 e. The topological polar surface area (TPSA) is 46.3 Å². The molecule has 0 spiro atoms. The average molecular weight is 473 g/mol. The number of para-hydroxylation sites is 1. The van der Waals surface area contributed by atoms with Gasteiger partial charge in [0, 0.05) is 5.56 Å². The normalized spacial score (nSPS) is 17.4. The van der Waals surface area contributed by atoms with E-state index in [4.69, 9.17) is 5.73 Å². The second-order valence-electron chi connectivity index (χ2n) is 8.79. The fourth-order valence-corrected chi connectivity index (χ4v) is 6.14. The molecular formula is C31H24N2OS. The van der Waals surface area contributed by atoms with Gasteiger partial charge in [0.25, 0.3) is 5.91 Å². The molecule has 0 saturated carbocycles. The van der Waals surface area contributed by atoms with Gasteiger partial charge in [-0.25, -0.2) is 0 Å². The van der Waals surface area contributed by atoms with Gasteiger partial charge in [0.1, 0.15) is 11.1 Å². The van der Waals surface area contributed by atoms with Gasteiger partial charge in [-0.2, -0.15) is 11.3 Å². The number of nitrogens with zero attached hydrogens (tertiary/aromatic N) is 1. The van der Waals surface area contributed by atoms with Crippen molar-refractivity contribution in [3.05, 3.63) is 160 Å². The molecule has 2 N–H and O–H groups in total. The maximum absolute atomic E-state index is 14.8. The van der Waals surface area contributed by atoms with Crippen molar-refractivity contribution in [3.8, 4) is 0 Å². The van der Waals surface area contributed by atoms with Crippen LogP contribution in [0.5, 0.6) is 0 Å². The van der Waals surface area contributed by atoms with Crippen LogP contribution in [-0.4, -0.2) is 5.91 Å². The summed E-state index contributed by atoms with van der Waals surface area (Å²) in [6.07, 6.45) is 0. The second kappa shape index (κ2) is 8.35. The van der Waals surface area contributed by atoms with E-state index in [-0.39, 0.29) is 5.91 Å². The van der Waals surface area contributed by atoms with E-state index in [2.05, 4.69) is 36.4 Å². The number of amides is 1. The molecule has 4 heteroatoms. The van der Waals surface area contributed by atoms with Crippen LogP contribution in [0.4, 0.5) is 5.69 Å². The van der Waals surface area contributed by atoms with Gasteiger partial charge >= 0.3 is 0 Å². The molecule has 170 valence electrons. The number of nitrogens with two attached hydrogens (primary N) is 1. The first-order valence-electron chi connectivity index (χ1n) is 11.6. The third-order valence-electron chi connectivity index (χ3n) is 7.00. The lowest BCUT2D eigenvalue weighted by molar-refractivity contribution is -0.122. The number of hydrogen-bond acceptors (Lipinski definition) is 3. The third kappa shape index (κ3) is 3.04. The van der Waals surface area contributed by atoms with Crippen molar-refractivity contribution in [3.63, 3.8) is 0 Å². The number of benzene rings is 4. The minimum Gasteiger partial charge on any atom is -0.310 e. The quantitative estimate of drug-likeness (QED) is 0.306. The minimum atomic E-state index is -1.28. The number of thiophene rings is 1. The predicted octanol–water partition coefficient (Wildman–Crippen LogP) is 6.29. The van der Waals surface area contributed by atoms with Gasteiger partial charge in [-0.3, -0.25) is 9.69 Å². The summed E-state index contributed by atoms with van der Waals surface area (Å²) < 4.78 is 0. The Morgan fingerprint density at radius 2 is 1.14 bits per heavy atom. The Labute approximate surface area is 209 Å². The molecule has 1 amide bonds. The number of hydrogen-bond donors (Lipinski definition) is 1. The number of anilines is 1. The van der Waals surface area contributed by atoms with Crippen molar-refractivity contribution in [1.82, 2.24) is 0 Å². The van der Waals surface area contributed by atoms with E-state index in [0.717, 1.165) is 33.5 Å². The number of carbonyl (C=O) groups is 1. The zero-order valence-electron chi connectivity index (χ0n) is 19.0. The minimum absolute atomic E-state index is 0.145. The number of carbonyl (C=O) groups excluding carboxylic acids is 1. The first-order chi connectivity index (χ1) is 17.2. The van der Waals surface area contributed by atoms with E-state index in [1.54, 1.807) is 11.3 Å². The molecule has 0 saturated heterocycles. The predicted molar refractivity (Wildman–Crippen MR) is 142 cm³/mol. The van der Waals surface area contributed by atoms with Crippen LogP contribution in [0.15, 0.2) is 132 Å². The Morgan fingerprint density at radius 1 is 0.657 bits per heavy atom. The number of rotatable bonds is 5. The molecule has 0 aliphatic carbocycles. The molecular weight excluding hydrogens is 448 g/mol. The first kappa shape index (κ1) is 21.5. The highest BCUT2D eigenvalue weighted by Crippen LogP contribution is 2.53. The first-order valence-corrected chi connectivity index (χ1v) is 12.5. The van der Waals surface area contributed by atoms with Gasteiger partial charge in [-0.1, -0.05) is 109 Å². The zero-order valence-corrected chi connectivity index (χ0v) is 19.9. The Bertz CT molecular complexity index is 1370. The highest BCUT2D eigenvalue weighted by atomic mass is 32.1. The molecule has 1 aliphatic heterocycles. The molecule has 3 nitrogen and oxygen atoms in total. The van der Waals surface area contributed by atoms with E-state index in [0.29, 0.717) is 0 Å². The number of fused-ring (bicyclic) bond motifs is 1. The summed E-state index contributed by atoms with van der Waals surface area (Å²) in [5.41, 5.74) is 10.4. The van der Waals surface area contributed by atoms with Crippen LogP contribution in [0.2, 0.25) is 0 Å². The molecule has 1 unspecified atom stereocenters. The SMILES string of the molecule is NC1(c2ccsc2)C(=O)N(C(c2ccccc2)(c2ccccc2)c2ccccc2)c2ccccc21. The molecule has 0 radical (unpaired) electrons. The highest BCUT2D eigenvalue weighted by molar-refractivity contribution is 7.08. The lowest BCUT2D eigenvalue weighted by Gasteiger charge is -2.44. The van der Waals surface area contributed by atoms with Gasteiger partial charge in [0.05, 0.1) is 5.69 Å². The molecule has 1 aromatic heterocycles. The van der Waals surface area contributed by atoms with Crippen LogP contribution in [0.25, 0.3) is 0 Å². The van der Waals surface area contributed by atoms with Crippen molar-refractivity contribution in [1.29, 1.82) is 0 Å².